The molecule has 1 saturated heterocycles. The predicted octanol–water partition coefficient (Wildman–Crippen LogP) is 7.25. The van der Waals surface area contributed by atoms with Gasteiger partial charge in [-0.15, -0.1) is 0 Å². The van der Waals surface area contributed by atoms with Gasteiger partial charge in [-0.2, -0.15) is 13.2 Å². The fraction of sp³-hybridized carbons (Fsp3) is 0.308. The molecule has 3 aliphatic rings. The Hall–Kier alpha value is -2.24. The highest BCUT2D eigenvalue weighted by molar-refractivity contribution is 8.00. The summed E-state index contributed by atoms with van der Waals surface area (Å²) in [6.45, 7) is 5.12. The molecule has 31 heavy (non-hydrogen) atoms. The van der Waals surface area contributed by atoms with Crippen LogP contribution in [0.4, 0.5) is 13.2 Å². The maximum atomic E-state index is 13.1. The number of hydrogen-bond acceptors (Lipinski definition) is 2. The highest BCUT2D eigenvalue weighted by Gasteiger charge is 2.40. The van der Waals surface area contributed by atoms with Gasteiger partial charge in [-0.1, -0.05) is 60.2 Å². The van der Waals surface area contributed by atoms with Gasteiger partial charge < -0.3 is 4.90 Å². The van der Waals surface area contributed by atoms with Crippen molar-refractivity contribution in [1.29, 1.82) is 0 Å². The summed E-state index contributed by atoms with van der Waals surface area (Å²) in [5, 5.41) is 0. The Balaban J connectivity index is 1.67. The number of fused-ring (bicyclic) bond motifs is 2. The van der Waals surface area contributed by atoms with Crippen molar-refractivity contribution in [1.82, 2.24) is 4.90 Å². The highest BCUT2D eigenvalue weighted by Crippen LogP contribution is 2.47. The van der Waals surface area contributed by atoms with Crippen LogP contribution in [0.3, 0.4) is 0 Å². The standard InChI is InChI=1S/C26H24F3NS/c1-16-13-22(16)24-14-19(11-12-30(24)2)25-21-6-4-3-5-17(21)7-8-18-9-10-20(15-23(18)25)31-26(27,28)29/h3-10,15,22,24H,1,11-14H2,2H3. The van der Waals surface area contributed by atoms with E-state index in [1.807, 2.05) is 24.3 Å². The molecule has 0 spiro atoms. The molecule has 0 N–H and O–H groups in total. The molecule has 1 nitrogen and oxygen atoms in total. The van der Waals surface area contributed by atoms with Crippen molar-refractivity contribution in [3.63, 3.8) is 0 Å². The Kier molecular flexibility index (Phi) is 5.14. The Morgan fingerprint density at radius 2 is 1.71 bits per heavy atom. The summed E-state index contributed by atoms with van der Waals surface area (Å²) < 4.78 is 39.3. The third-order valence-electron chi connectivity index (χ3n) is 6.65. The number of halogens is 3. The van der Waals surface area contributed by atoms with Gasteiger partial charge in [0, 0.05) is 17.5 Å². The fourth-order valence-corrected chi connectivity index (χ4v) is 5.55. The van der Waals surface area contributed by atoms with E-state index in [2.05, 4.69) is 36.7 Å². The first-order chi connectivity index (χ1) is 14.8. The minimum Gasteiger partial charge on any atom is -0.302 e. The van der Waals surface area contributed by atoms with Crippen LogP contribution in [0, 0.1) is 5.92 Å². The maximum Gasteiger partial charge on any atom is 0.446 e. The molecule has 1 heterocycles. The molecule has 5 rings (SSSR count). The second-order valence-corrected chi connectivity index (χ2v) is 9.81. The Bertz CT molecular complexity index is 1110. The van der Waals surface area contributed by atoms with E-state index >= 15 is 0 Å². The summed E-state index contributed by atoms with van der Waals surface area (Å²) in [5.74, 6) is 0.534. The molecule has 5 heteroatoms. The first-order valence-corrected chi connectivity index (χ1v) is 11.4. The molecule has 0 amide bonds. The van der Waals surface area contributed by atoms with Crippen LogP contribution >= 0.6 is 11.8 Å². The van der Waals surface area contributed by atoms with Gasteiger partial charge in [0.25, 0.3) is 0 Å². The molecular formula is C26H24F3NS. The van der Waals surface area contributed by atoms with Crippen molar-refractivity contribution >= 4 is 29.5 Å². The normalized spacial score (nSPS) is 25.7. The SMILES string of the molecule is C=C1CC1C1CC(=C2c3ccccc3C=Cc3ccc(SC(F)(F)F)cc32)CCN1C. The number of piperidine rings is 1. The average molecular weight is 440 g/mol. The van der Waals surface area contributed by atoms with Crippen LogP contribution in [0.5, 0.6) is 0 Å². The molecule has 2 aliphatic carbocycles. The molecule has 2 atom stereocenters. The number of nitrogens with zero attached hydrogens (tertiary/aromatic N) is 1. The van der Waals surface area contributed by atoms with E-state index in [4.69, 9.17) is 0 Å². The van der Waals surface area contributed by atoms with Gasteiger partial charge in [-0.25, -0.2) is 0 Å². The third-order valence-corrected chi connectivity index (χ3v) is 7.37. The minimum absolute atomic E-state index is 0.0400. The van der Waals surface area contributed by atoms with Gasteiger partial charge in [0.15, 0.2) is 0 Å². The number of hydrogen-bond donors (Lipinski definition) is 0. The van der Waals surface area contributed by atoms with Gasteiger partial charge in [0.2, 0.25) is 0 Å². The number of likely N-dealkylation sites (tertiary alicyclic amines) is 1. The van der Waals surface area contributed by atoms with Gasteiger partial charge in [0.05, 0.1) is 0 Å². The van der Waals surface area contributed by atoms with E-state index < -0.39 is 5.51 Å². The predicted molar refractivity (Wildman–Crippen MR) is 123 cm³/mol. The molecule has 2 unspecified atom stereocenters. The van der Waals surface area contributed by atoms with E-state index in [1.165, 1.54) is 11.1 Å². The van der Waals surface area contributed by atoms with Crippen molar-refractivity contribution < 1.29 is 13.2 Å². The summed E-state index contributed by atoms with van der Waals surface area (Å²) >= 11 is -0.0400. The lowest BCUT2D eigenvalue weighted by atomic mass is 9.83. The van der Waals surface area contributed by atoms with Crippen molar-refractivity contribution in [3.8, 4) is 0 Å². The first-order valence-electron chi connectivity index (χ1n) is 10.6. The molecule has 0 radical (unpaired) electrons. The van der Waals surface area contributed by atoms with Crippen molar-refractivity contribution in [3.05, 3.63) is 82.4 Å². The maximum absolute atomic E-state index is 13.1. The molecule has 2 aromatic carbocycles. The van der Waals surface area contributed by atoms with Crippen LogP contribution < -0.4 is 0 Å². The summed E-state index contributed by atoms with van der Waals surface area (Å²) in [4.78, 5) is 2.65. The summed E-state index contributed by atoms with van der Waals surface area (Å²) in [6.07, 6.45) is 7.04. The zero-order chi connectivity index (χ0) is 21.8. The number of rotatable bonds is 2. The van der Waals surface area contributed by atoms with E-state index in [1.54, 1.807) is 12.1 Å². The quantitative estimate of drug-likeness (QED) is 0.305. The molecule has 1 saturated carbocycles. The van der Waals surface area contributed by atoms with Crippen LogP contribution in [-0.2, 0) is 0 Å². The highest BCUT2D eigenvalue weighted by atomic mass is 32.2. The molecule has 160 valence electrons. The molecular weight excluding hydrogens is 415 g/mol. The summed E-state index contributed by atoms with van der Waals surface area (Å²) in [7, 11) is 2.17. The summed E-state index contributed by atoms with van der Waals surface area (Å²) in [5.41, 5.74) is 3.57. The van der Waals surface area contributed by atoms with Gasteiger partial charge in [-0.3, -0.25) is 0 Å². The monoisotopic (exact) mass is 439 g/mol. The van der Waals surface area contributed by atoms with Crippen LogP contribution in [-0.4, -0.2) is 30.0 Å². The van der Waals surface area contributed by atoms with Gasteiger partial charge >= 0.3 is 5.51 Å². The van der Waals surface area contributed by atoms with Crippen LogP contribution in [0.25, 0.3) is 17.7 Å². The summed E-state index contributed by atoms with van der Waals surface area (Å²) in [6, 6.07) is 13.8. The number of benzene rings is 2. The van der Waals surface area contributed by atoms with Crippen molar-refractivity contribution in [2.24, 2.45) is 5.92 Å². The number of thioether (sulfide) groups is 1. The first kappa shape index (κ1) is 20.7. The van der Waals surface area contributed by atoms with Crippen LogP contribution in [0.1, 0.15) is 41.5 Å². The molecule has 2 aromatic rings. The van der Waals surface area contributed by atoms with Crippen molar-refractivity contribution in [2.45, 2.75) is 35.7 Å². The number of alkyl halides is 3. The second-order valence-electron chi connectivity index (χ2n) is 8.67. The lowest BCUT2D eigenvalue weighted by molar-refractivity contribution is -0.0328. The largest absolute Gasteiger partial charge is 0.446 e. The van der Waals surface area contributed by atoms with E-state index in [0.29, 0.717) is 12.0 Å². The topological polar surface area (TPSA) is 3.24 Å². The van der Waals surface area contributed by atoms with Gasteiger partial charge in [-0.05, 0) is 83.9 Å². The molecule has 1 aliphatic heterocycles. The Morgan fingerprint density at radius 1 is 1.00 bits per heavy atom. The van der Waals surface area contributed by atoms with Gasteiger partial charge in [0.1, 0.15) is 0 Å². The smallest absolute Gasteiger partial charge is 0.302 e. The lowest BCUT2D eigenvalue weighted by Gasteiger charge is -2.36. The molecule has 2 fully saturated rings. The fourth-order valence-electron chi connectivity index (χ4n) is 4.97. The molecule has 0 aromatic heterocycles. The van der Waals surface area contributed by atoms with Crippen molar-refractivity contribution in [2.75, 3.05) is 13.6 Å². The second kappa shape index (κ2) is 7.72. The minimum atomic E-state index is -4.30. The zero-order valence-corrected chi connectivity index (χ0v) is 18.2. The van der Waals surface area contributed by atoms with Crippen LogP contribution in [0.15, 0.2) is 65.1 Å². The van der Waals surface area contributed by atoms with E-state index in [-0.39, 0.29) is 16.7 Å². The molecule has 0 bridgehead atoms. The third kappa shape index (κ3) is 4.13. The van der Waals surface area contributed by atoms with E-state index in [0.717, 1.165) is 53.6 Å². The Morgan fingerprint density at radius 3 is 2.42 bits per heavy atom. The average Bonchev–Trinajstić information content (AvgIpc) is 3.47. The zero-order valence-electron chi connectivity index (χ0n) is 17.4. The van der Waals surface area contributed by atoms with Crippen LogP contribution in [0.2, 0.25) is 0 Å². The lowest BCUT2D eigenvalue weighted by Crippen LogP contribution is -2.39. The Labute approximate surface area is 185 Å². The van der Waals surface area contributed by atoms with E-state index in [9.17, 15) is 13.2 Å².